The van der Waals surface area contributed by atoms with Gasteiger partial charge in [-0.15, -0.1) is 0 Å². The number of rotatable bonds is 5. The van der Waals surface area contributed by atoms with Crippen molar-refractivity contribution in [1.82, 2.24) is 5.32 Å². The molecule has 2 aromatic carbocycles. The summed E-state index contributed by atoms with van der Waals surface area (Å²) in [5.74, 6) is -0.172. The molecule has 0 spiro atoms. The van der Waals surface area contributed by atoms with Gasteiger partial charge in [-0.2, -0.15) is 0 Å². The molecule has 0 radical (unpaired) electrons. The third-order valence-electron chi connectivity index (χ3n) is 3.86. The first-order valence-corrected chi connectivity index (χ1v) is 8.06. The average molecular weight is 350 g/mol. The minimum absolute atomic E-state index is 0.0210. The molecule has 0 saturated carbocycles. The smallest absolute Gasteiger partial charge is 0.142 e. The third-order valence-corrected chi connectivity index (χ3v) is 4.47. The van der Waals surface area contributed by atoms with Gasteiger partial charge in [-0.3, -0.25) is 0 Å². The summed E-state index contributed by atoms with van der Waals surface area (Å²) in [6.07, 6.45) is 0.791. The standard InChI is InChI=1S/C18H21BrFN/c1-4-21-17(14-9-6-10-16(19)18(14)20)11-15-12(2)7-5-8-13(15)3/h5-10,17,21H,4,11H2,1-3H3. The van der Waals surface area contributed by atoms with E-state index >= 15 is 0 Å². The molecule has 112 valence electrons. The molecule has 0 aliphatic heterocycles. The maximum atomic E-state index is 14.4. The summed E-state index contributed by atoms with van der Waals surface area (Å²) in [6, 6.07) is 11.8. The zero-order valence-electron chi connectivity index (χ0n) is 12.7. The highest BCUT2D eigenvalue weighted by atomic mass is 79.9. The lowest BCUT2D eigenvalue weighted by atomic mass is 9.92. The van der Waals surface area contributed by atoms with Gasteiger partial charge in [-0.25, -0.2) is 4.39 Å². The van der Waals surface area contributed by atoms with Crippen molar-refractivity contribution >= 4 is 15.9 Å². The Morgan fingerprint density at radius 1 is 1.10 bits per heavy atom. The second-order valence-electron chi connectivity index (χ2n) is 5.33. The molecule has 0 heterocycles. The Morgan fingerprint density at radius 3 is 2.33 bits per heavy atom. The molecule has 0 fully saturated rings. The normalized spacial score (nSPS) is 12.4. The second-order valence-corrected chi connectivity index (χ2v) is 6.18. The topological polar surface area (TPSA) is 12.0 Å². The average Bonchev–Trinajstić information content (AvgIpc) is 2.45. The predicted molar refractivity (Wildman–Crippen MR) is 90.1 cm³/mol. The minimum atomic E-state index is -0.172. The van der Waals surface area contributed by atoms with Crippen LogP contribution in [0.4, 0.5) is 4.39 Å². The third kappa shape index (κ3) is 3.72. The lowest BCUT2D eigenvalue weighted by Crippen LogP contribution is -2.24. The predicted octanol–water partition coefficient (Wildman–Crippen LogP) is 5.10. The van der Waals surface area contributed by atoms with Crippen LogP contribution in [-0.2, 0) is 6.42 Å². The first-order chi connectivity index (χ1) is 10.0. The molecular formula is C18H21BrFN. The van der Waals surface area contributed by atoms with Gasteiger partial charge in [0.15, 0.2) is 0 Å². The van der Waals surface area contributed by atoms with E-state index < -0.39 is 0 Å². The fourth-order valence-electron chi connectivity index (χ4n) is 2.70. The van der Waals surface area contributed by atoms with Crippen LogP contribution in [0.25, 0.3) is 0 Å². The molecule has 2 aromatic rings. The van der Waals surface area contributed by atoms with E-state index in [1.54, 1.807) is 6.07 Å². The lowest BCUT2D eigenvalue weighted by Gasteiger charge is -2.22. The van der Waals surface area contributed by atoms with Gasteiger partial charge in [0.25, 0.3) is 0 Å². The number of aryl methyl sites for hydroxylation is 2. The van der Waals surface area contributed by atoms with Gasteiger partial charge in [-0.05, 0) is 65.5 Å². The molecule has 1 unspecified atom stereocenters. The van der Waals surface area contributed by atoms with Crippen LogP contribution in [0.15, 0.2) is 40.9 Å². The number of hydrogen-bond donors (Lipinski definition) is 1. The Bertz CT molecular complexity index is 604. The Morgan fingerprint density at radius 2 is 1.71 bits per heavy atom. The largest absolute Gasteiger partial charge is 0.310 e. The lowest BCUT2D eigenvalue weighted by molar-refractivity contribution is 0.506. The summed E-state index contributed by atoms with van der Waals surface area (Å²) in [7, 11) is 0. The van der Waals surface area contributed by atoms with Gasteiger partial charge in [0.1, 0.15) is 5.82 Å². The van der Waals surface area contributed by atoms with Gasteiger partial charge < -0.3 is 5.32 Å². The van der Waals surface area contributed by atoms with Crippen LogP contribution in [0.5, 0.6) is 0 Å². The van der Waals surface area contributed by atoms with E-state index in [0.717, 1.165) is 13.0 Å². The molecule has 0 saturated heterocycles. The highest BCUT2D eigenvalue weighted by Gasteiger charge is 2.18. The van der Waals surface area contributed by atoms with Crippen molar-refractivity contribution < 1.29 is 4.39 Å². The van der Waals surface area contributed by atoms with Crippen LogP contribution in [0.3, 0.4) is 0 Å². The summed E-state index contributed by atoms with van der Waals surface area (Å²) < 4.78 is 14.9. The van der Waals surface area contributed by atoms with E-state index in [0.29, 0.717) is 10.0 Å². The molecule has 3 heteroatoms. The van der Waals surface area contributed by atoms with E-state index in [1.807, 2.05) is 19.1 Å². The van der Waals surface area contributed by atoms with Crippen LogP contribution in [0, 0.1) is 19.7 Å². The molecule has 0 aliphatic carbocycles. The zero-order valence-corrected chi connectivity index (χ0v) is 14.3. The van der Waals surface area contributed by atoms with Crippen LogP contribution >= 0.6 is 15.9 Å². The molecule has 21 heavy (non-hydrogen) atoms. The molecule has 1 N–H and O–H groups in total. The van der Waals surface area contributed by atoms with Crippen molar-refractivity contribution in [3.8, 4) is 0 Å². The number of halogens is 2. The molecule has 2 rings (SSSR count). The highest BCUT2D eigenvalue weighted by molar-refractivity contribution is 9.10. The van der Waals surface area contributed by atoms with E-state index in [-0.39, 0.29) is 11.9 Å². The zero-order chi connectivity index (χ0) is 15.4. The Balaban J connectivity index is 2.38. The molecule has 0 aromatic heterocycles. The quantitative estimate of drug-likeness (QED) is 0.791. The van der Waals surface area contributed by atoms with E-state index in [9.17, 15) is 4.39 Å². The Hall–Kier alpha value is -1.19. The molecule has 0 aliphatic rings. The van der Waals surface area contributed by atoms with E-state index in [4.69, 9.17) is 0 Å². The minimum Gasteiger partial charge on any atom is -0.310 e. The molecule has 1 nitrogen and oxygen atoms in total. The molecular weight excluding hydrogens is 329 g/mol. The van der Waals surface area contributed by atoms with Crippen LogP contribution < -0.4 is 5.32 Å². The Kier molecular flexibility index (Phi) is 5.54. The van der Waals surface area contributed by atoms with Gasteiger partial charge in [0, 0.05) is 11.6 Å². The van der Waals surface area contributed by atoms with Crippen molar-refractivity contribution in [3.05, 3.63) is 68.9 Å². The van der Waals surface area contributed by atoms with Crippen LogP contribution in [0.1, 0.15) is 35.2 Å². The summed E-state index contributed by atoms with van der Waals surface area (Å²) in [6.45, 7) is 7.08. The van der Waals surface area contributed by atoms with Crippen LogP contribution in [0.2, 0.25) is 0 Å². The van der Waals surface area contributed by atoms with Crippen molar-refractivity contribution in [2.45, 2.75) is 33.2 Å². The van der Waals surface area contributed by atoms with Crippen molar-refractivity contribution in [2.24, 2.45) is 0 Å². The monoisotopic (exact) mass is 349 g/mol. The fraction of sp³-hybridized carbons (Fsp3) is 0.333. The van der Waals surface area contributed by atoms with E-state index in [1.165, 1.54) is 16.7 Å². The number of nitrogens with one attached hydrogen (secondary N) is 1. The summed E-state index contributed by atoms with van der Waals surface area (Å²) in [5.41, 5.74) is 4.53. The summed E-state index contributed by atoms with van der Waals surface area (Å²) >= 11 is 3.28. The maximum absolute atomic E-state index is 14.4. The van der Waals surface area contributed by atoms with Gasteiger partial charge in [0.05, 0.1) is 4.47 Å². The Labute approximate surface area is 134 Å². The second kappa shape index (κ2) is 7.19. The SMILES string of the molecule is CCNC(Cc1c(C)cccc1C)c1cccc(Br)c1F. The highest BCUT2D eigenvalue weighted by Crippen LogP contribution is 2.28. The van der Waals surface area contributed by atoms with Crippen molar-refractivity contribution in [1.29, 1.82) is 0 Å². The van der Waals surface area contributed by atoms with Crippen LogP contribution in [-0.4, -0.2) is 6.54 Å². The van der Waals surface area contributed by atoms with Gasteiger partial charge in [-0.1, -0.05) is 37.3 Å². The molecule has 1 atom stereocenters. The van der Waals surface area contributed by atoms with Crippen molar-refractivity contribution in [3.63, 3.8) is 0 Å². The van der Waals surface area contributed by atoms with E-state index in [2.05, 4.69) is 53.3 Å². The summed E-state index contributed by atoms with van der Waals surface area (Å²) in [4.78, 5) is 0. The fourth-order valence-corrected chi connectivity index (χ4v) is 3.08. The summed E-state index contributed by atoms with van der Waals surface area (Å²) in [5, 5.41) is 3.41. The first-order valence-electron chi connectivity index (χ1n) is 7.27. The molecule has 0 amide bonds. The van der Waals surface area contributed by atoms with Gasteiger partial charge >= 0.3 is 0 Å². The number of likely N-dealkylation sites (N-methyl/N-ethyl adjacent to an activating group) is 1. The molecule has 0 bridgehead atoms. The number of hydrogen-bond acceptors (Lipinski definition) is 1. The van der Waals surface area contributed by atoms with Gasteiger partial charge in [0.2, 0.25) is 0 Å². The van der Waals surface area contributed by atoms with Crippen molar-refractivity contribution in [2.75, 3.05) is 6.54 Å². The number of benzene rings is 2. The maximum Gasteiger partial charge on any atom is 0.142 e. The first kappa shape index (κ1) is 16.2.